The van der Waals surface area contributed by atoms with Crippen LogP contribution in [-0.4, -0.2) is 30.8 Å². The molecule has 0 spiro atoms. The molecule has 0 aliphatic heterocycles. The van der Waals surface area contributed by atoms with Gasteiger partial charge < -0.3 is 15.2 Å². The molecule has 4 atom stereocenters. The number of ether oxygens (including phenoxy) is 1. The molecule has 114 valence electrons. The van der Waals surface area contributed by atoms with Crippen molar-refractivity contribution < 1.29 is 19.0 Å². The Kier molecular flexibility index (Phi) is 3.85. The van der Waals surface area contributed by atoms with Crippen LogP contribution in [0, 0.1) is 23.6 Å². The third-order valence-corrected chi connectivity index (χ3v) is 5.01. The summed E-state index contributed by atoms with van der Waals surface area (Å²) in [5.74, 6) is 0.474. The number of hydrogen-bond acceptors (Lipinski definition) is 3. The third kappa shape index (κ3) is 2.50. The number of halogens is 1. The van der Waals surface area contributed by atoms with Crippen molar-refractivity contribution in [1.82, 2.24) is 5.32 Å². The molecule has 0 radical (unpaired) electrons. The van der Waals surface area contributed by atoms with E-state index in [1.807, 2.05) is 0 Å². The smallest absolute Gasteiger partial charge is 0.251 e. The number of aliphatic hydroxyl groups is 1. The fourth-order valence-electron chi connectivity index (χ4n) is 3.93. The van der Waals surface area contributed by atoms with Crippen molar-refractivity contribution in [1.29, 1.82) is 0 Å². The van der Waals surface area contributed by atoms with Crippen molar-refractivity contribution in [2.75, 3.05) is 13.7 Å². The normalized spacial score (nSPS) is 30.4. The Hall–Kier alpha value is -1.62. The highest BCUT2D eigenvalue weighted by Gasteiger charge is 2.47. The van der Waals surface area contributed by atoms with Gasteiger partial charge in [-0.25, -0.2) is 4.39 Å². The molecule has 0 saturated heterocycles. The second kappa shape index (κ2) is 5.64. The van der Waals surface area contributed by atoms with Gasteiger partial charge in [-0.1, -0.05) is 0 Å². The number of rotatable bonds is 4. The molecule has 2 N–H and O–H groups in total. The van der Waals surface area contributed by atoms with Crippen LogP contribution in [0.5, 0.6) is 5.75 Å². The summed E-state index contributed by atoms with van der Waals surface area (Å²) < 4.78 is 18.3. The maximum absolute atomic E-state index is 13.4. The summed E-state index contributed by atoms with van der Waals surface area (Å²) in [5, 5.41) is 12.6. The van der Waals surface area contributed by atoms with Gasteiger partial charge in [0.15, 0.2) is 11.6 Å². The molecular formula is C16H20FNO3. The second-order valence-corrected chi connectivity index (χ2v) is 6.03. The lowest BCUT2D eigenvalue weighted by Crippen LogP contribution is -2.45. The fourth-order valence-corrected chi connectivity index (χ4v) is 3.93. The molecule has 5 heteroatoms. The molecule has 2 fully saturated rings. The maximum atomic E-state index is 13.4. The van der Waals surface area contributed by atoms with E-state index < -0.39 is 5.82 Å². The summed E-state index contributed by atoms with van der Waals surface area (Å²) in [6.07, 6.45) is 3.34. The quantitative estimate of drug-likeness (QED) is 0.892. The number of carbonyl (C=O) groups excluding carboxylic acids is 1. The van der Waals surface area contributed by atoms with Crippen molar-refractivity contribution in [2.24, 2.45) is 17.8 Å². The van der Waals surface area contributed by atoms with Crippen molar-refractivity contribution >= 4 is 5.91 Å². The molecule has 0 heterocycles. The lowest BCUT2D eigenvalue weighted by Gasteiger charge is -2.30. The predicted molar refractivity (Wildman–Crippen MR) is 75.6 cm³/mol. The summed E-state index contributed by atoms with van der Waals surface area (Å²) in [6.45, 7) is 0.110. The topological polar surface area (TPSA) is 58.6 Å². The van der Waals surface area contributed by atoms with Crippen LogP contribution in [0.1, 0.15) is 29.6 Å². The molecule has 1 aromatic carbocycles. The summed E-state index contributed by atoms with van der Waals surface area (Å²) in [5.41, 5.74) is 0.382. The minimum Gasteiger partial charge on any atom is -0.494 e. The highest BCUT2D eigenvalue weighted by molar-refractivity contribution is 5.94. The first-order chi connectivity index (χ1) is 10.1. The van der Waals surface area contributed by atoms with Crippen LogP contribution in [0.4, 0.5) is 4.39 Å². The summed E-state index contributed by atoms with van der Waals surface area (Å²) in [7, 11) is 1.37. The first-order valence-corrected chi connectivity index (χ1v) is 7.39. The zero-order valence-electron chi connectivity index (χ0n) is 12.0. The molecule has 0 aromatic heterocycles. The molecule has 3 rings (SSSR count). The van der Waals surface area contributed by atoms with Crippen molar-refractivity contribution in [2.45, 2.75) is 25.3 Å². The first kappa shape index (κ1) is 14.3. The number of carbonyl (C=O) groups is 1. The predicted octanol–water partition coefficient (Wildman–Crippen LogP) is 1.97. The lowest BCUT2D eigenvalue weighted by atomic mass is 9.85. The molecule has 4 nitrogen and oxygen atoms in total. The van der Waals surface area contributed by atoms with Gasteiger partial charge >= 0.3 is 0 Å². The van der Waals surface area contributed by atoms with Crippen molar-refractivity contribution in [3.8, 4) is 5.75 Å². The van der Waals surface area contributed by atoms with E-state index in [1.54, 1.807) is 0 Å². The summed E-state index contributed by atoms with van der Waals surface area (Å²) >= 11 is 0. The number of amides is 1. The highest BCUT2D eigenvalue weighted by Crippen LogP contribution is 2.48. The third-order valence-electron chi connectivity index (χ3n) is 5.01. The highest BCUT2D eigenvalue weighted by atomic mass is 19.1. The molecule has 0 unspecified atom stereocenters. The summed E-state index contributed by atoms with van der Waals surface area (Å²) in [6, 6.07) is 4.12. The number of nitrogens with one attached hydrogen (secondary N) is 1. The van der Waals surface area contributed by atoms with Crippen LogP contribution in [0.2, 0.25) is 0 Å². The van der Waals surface area contributed by atoms with Crippen LogP contribution < -0.4 is 10.1 Å². The van der Waals surface area contributed by atoms with Gasteiger partial charge in [0.1, 0.15) is 0 Å². The molecule has 2 aliphatic rings. The Morgan fingerprint density at radius 3 is 2.90 bits per heavy atom. The largest absolute Gasteiger partial charge is 0.494 e. The first-order valence-electron chi connectivity index (χ1n) is 7.39. The lowest BCUT2D eigenvalue weighted by molar-refractivity contribution is 0.0861. The van der Waals surface area contributed by atoms with Crippen LogP contribution in [0.15, 0.2) is 18.2 Å². The number of hydrogen-bond donors (Lipinski definition) is 2. The van der Waals surface area contributed by atoms with Gasteiger partial charge in [0.05, 0.1) is 7.11 Å². The Morgan fingerprint density at radius 2 is 2.19 bits per heavy atom. The van der Waals surface area contributed by atoms with Gasteiger partial charge in [-0.3, -0.25) is 4.79 Å². The zero-order chi connectivity index (χ0) is 15.0. The summed E-state index contributed by atoms with van der Waals surface area (Å²) in [4.78, 5) is 12.3. The Morgan fingerprint density at radius 1 is 1.43 bits per heavy atom. The van der Waals surface area contributed by atoms with Gasteiger partial charge in [-0.2, -0.15) is 0 Å². The fraction of sp³-hybridized carbons (Fsp3) is 0.562. The standard InChI is InChI=1S/C16H20FNO3/c1-21-14-7-11(4-5-13(14)17)16(20)18-15-10-3-2-9(6-10)12(15)8-19/h4-5,7,9-10,12,15,19H,2-3,6,8H2,1H3,(H,18,20)/t9-,10-,12-,15-/m0/s1. The van der Waals surface area contributed by atoms with E-state index in [0.717, 1.165) is 19.3 Å². The molecule has 1 aromatic rings. The Balaban J connectivity index is 1.74. The molecule has 21 heavy (non-hydrogen) atoms. The van der Waals surface area contributed by atoms with Crippen LogP contribution in [-0.2, 0) is 0 Å². The SMILES string of the molecule is COc1cc(C(=O)N[C@H]2[C@H]3CC[C@@H](C3)[C@@H]2CO)ccc1F. The number of fused-ring (bicyclic) bond motifs is 2. The van der Waals surface area contributed by atoms with Gasteiger partial charge in [-0.15, -0.1) is 0 Å². The van der Waals surface area contributed by atoms with Crippen LogP contribution >= 0.6 is 0 Å². The van der Waals surface area contributed by atoms with E-state index in [2.05, 4.69) is 5.32 Å². The van der Waals surface area contributed by atoms with Gasteiger partial charge in [0, 0.05) is 24.1 Å². The zero-order valence-corrected chi connectivity index (χ0v) is 12.0. The number of benzene rings is 1. The van der Waals surface area contributed by atoms with E-state index in [1.165, 1.54) is 25.3 Å². The van der Waals surface area contributed by atoms with Crippen LogP contribution in [0.25, 0.3) is 0 Å². The molecular weight excluding hydrogens is 273 g/mol. The van der Waals surface area contributed by atoms with Crippen molar-refractivity contribution in [3.63, 3.8) is 0 Å². The maximum Gasteiger partial charge on any atom is 0.251 e. The van der Waals surface area contributed by atoms with E-state index in [0.29, 0.717) is 17.4 Å². The minimum atomic E-state index is -0.484. The van der Waals surface area contributed by atoms with E-state index in [9.17, 15) is 14.3 Å². The van der Waals surface area contributed by atoms with E-state index in [-0.39, 0.29) is 30.2 Å². The Bertz CT molecular complexity index is 548. The number of methoxy groups -OCH3 is 1. The van der Waals surface area contributed by atoms with Gasteiger partial charge in [0.25, 0.3) is 5.91 Å². The number of aliphatic hydroxyl groups excluding tert-OH is 1. The second-order valence-electron chi connectivity index (χ2n) is 6.03. The van der Waals surface area contributed by atoms with Crippen LogP contribution in [0.3, 0.4) is 0 Å². The van der Waals surface area contributed by atoms with E-state index >= 15 is 0 Å². The van der Waals surface area contributed by atoms with Gasteiger partial charge in [-0.05, 0) is 49.3 Å². The molecule has 2 bridgehead atoms. The van der Waals surface area contributed by atoms with Crippen molar-refractivity contribution in [3.05, 3.63) is 29.6 Å². The van der Waals surface area contributed by atoms with Gasteiger partial charge in [0.2, 0.25) is 0 Å². The van der Waals surface area contributed by atoms with E-state index in [4.69, 9.17) is 4.74 Å². The average Bonchev–Trinajstić information content (AvgIpc) is 3.08. The average molecular weight is 293 g/mol. The molecule has 2 aliphatic carbocycles. The Labute approximate surface area is 123 Å². The molecule has 1 amide bonds. The molecule has 2 saturated carbocycles. The minimum absolute atomic E-state index is 0.0253. The monoisotopic (exact) mass is 293 g/mol.